The number of aromatic nitrogens is 3. The highest BCUT2D eigenvalue weighted by Crippen LogP contribution is 2.28. The van der Waals surface area contributed by atoms with Gasteiger partial charge in [0.05, 0.1) is 10.9 Å². The zero-order chi connectivity index (χ0) is 7.84. The Morgan fingerprint density at radius 3 is 2.91 bits per heavy atom. The van der Waals surface area contributed by atoms with Crippen LogP contribution in [0.3, 0.4) is 0 Å². The summed E-state index contributed by atoms with van der Waals surface area (Å²) in [6, 6.07) is 0. The molecular weight excluding hydrogens is 205 g/mol. The molecule has 6 heteroatoms. The van der Waals surface area contributed by atoms with Crippen LogP contribution in [-0.2, 0) is 0 Å². The highest BCUT2D eigenvalue weighted by Gasteiger charge is 2.05. The normalized spacial score (nSPS) is 10.7. The summed E-state index contributed by atoms with van der Waals surface area (Å²) in [7, 11) is 0. The van der Waals surface area contributed by atoms with Crippen molar-refractivity contribution in [2.45, 2.75) is 0 Å². The number of halogens is 2. The number of hydrogen-bond acceptors (Lipinski definition) is 4. The van der Waals surface area contributed by atoms with Gasteiger partial charge < -0.3 is 0 Å². The molecule has 2 aromatic heterocycles. The second-order valence-electron chi connectivity index (χ2n) is 1.82. The molecular formula is C5HCl2N3S. The summed E-state index contributed by atoms with van der Waals surface area (Å²) in [6.45, 7) is 0. The summed E-state index contributed by atoms with van der Waals surface area (Å²) in [5.74, 6) is 0. The van der Waals surface area contributed by atoms with Gasteiger partial charge in [-0.3, -0.25) is 0 Å². The molecule has 0 atom stereocenters. The third-order valence-corrected chi connectivity index (χ3v) is 2.70. The molecule has 0 spiro atoms. The van der Waals surface area contributed by atoms with Crippen molar-refractivity contribution >= 4 is 44.8 Å². The number of hydrogen-bond donors (Lipinski definition) is 0. The van der Waals surface area contributed by atoms with Crippen LogP contribution in [0, 0.1) is 0 Å². The summed E-state index contributed by atoms with van der Waals surface area (Å²) in [4.78, 5) is 3.97. The fourth-order valence-corrected chi connectivity index (χ4v) is 1.94. The molecule has 2 rings (SSSR count). The molecule has 0 aliphatic carbocycles. The van der Waals surface area contributed by atoms with E-state index in [-0.39, 0.29) is 0 Å². The van der Waals surface area contributed by atoms with Crippen molar-refractivity contribution in [1.29, 1.82) is 0 Å². The first-order valence-corrected chi connectivity index (χ1v) is 4.28. The molecule has 56 valence electrons. The minimum Gasteiger partial charge on any atom is -0.223 e. The molecule has 3 nitrogen and oxygen atoms in total. The lowest BCUT2D eigenvalue weighted by molar-refractivity contribution is 1.05. The van der Waals surface area contributed by atoms with Crippen molar-refractivity contribution in [2.24, 2.45) is 0 Å². The van der Waals surface area contributed by atoms with Crippen LogP contribution in [0.15, 0.2) is 6.20 Å². The van der Waals surface area contributed by atoms with E-state index in [2.05, 4.69) is 15.2 Å². The number of rotatable bonds is 0. The molecule has 0 fully saturated rings. The molecule has 0 bridgehead atoms. The Balaban J connectivity index is 2.90. The second-order valence-corrected chi connectivity index (χ2v) is 3.76. The molecule has 2 heterocycles. The van der Waals surface area contributed by atoms with E-state index in [0.29, 0.717) is 15.1 Å². The monoisotopic (exact) mass is 205 g/mol. The Labute approximate surface area is 76.0 Å². The van der Waals surface area contributed by atoms with Crippen LogP contribution in [0.1, 0.15) is 0 Å². The molecule has 2 aromatic rings. The van der Waals surface area contributed by atoms with E-state index in [0.717, 1.165) is 4.70 Å². The second kappa shape index (κ2) is 2.55. The van der Waals surface area contributed by atoms with Crippen LogP contribution in [0.25, 0.3) is 10.2 Å². The number of nitrogens with zero attached hydrogens (tertiary/aromatic N) is 3. The lowest BCUT2D eigenvalue weighted by Gasteiger charge is -1.85. The third-order valence-electron chi connectivity index (χ3n) is 1.14. The Morgan fingerprint density at radius 1 is 1.36 bits per heavy atom. The highest BCUT2D eigenvalue weighted by atomic mass is 35.5. The maximum absolute atomic E-state index is 5.71. The van der Waals surface area contributed by atoms with E-state index in [9.17, 15) is 0 Å². The SMILES string of the molecule is Clc1nc2cnnc(Cl)c2s1. The summed E-state index contributed by atoms with van der Waals surface area (Å²) < 4.78 is 1.24. The molecule has 0 N–H and O–H groups in total. The molecule has 0 amide bonds. The fourth-order valence-electron chi connectivity index (χ4n) is 0.720. The average Bonchev–Trinajstić information content (AvgIpc) is 2.31. The van der Waals surface area contributed by atoms with Gasteiger partial charge in [-0.25, -0.2) is 4.98 Å². The largest absolute Gasteiger partial charge is 0.223 e. The van der Waals surface area contributed by atoms with Gasteiger partial charge in [0.25, 0.3) is 0 Å². The molecule has 0 saturated carbocycles. The summed E-state index contributed by atoms with van der Waals surface area (Å²) in [6.07, 6.45) is 1.53. The van der Waals surface area contributed by atoms with Crippen molar-refractivity contribution in [3.63, 3.8) is 0 Å². The van der Waals surface area contributed by atoms with Crippen molar-refractivity contribution in [3.05, 3.63) is 15.8 Å². The van der Waals surface area contributed by atoms with Gasteiger partial charge in [-0.15, -0.1) is 5.10 Å². The number of thiazole rings is 1. The predicted molar refractivity (Wildman–Crippen MR) is 45.2 cm³/mol. The van der Waals surface area contributed by atoms with Crippen LogP contribution in [0.4, 0.5) is 0 Å². The van der Waals surface area contributed by atoms with E-state index < -0.39 is 0 Å². The van der Waals surface area contributed by atoms with Gasteiger partial charge in [0, 0.05) is 0 Å². The van der Waals surface area contributed by atoms with E-state index in [1.807, 2.05) is 0 Å². The quantitative estimate of drug-likeness (QED) is 0.664. The summed E-state index contributed by atoms with van der Waals surface area (Å²) in [5.41, 5.74) is 0.694. The lowest BCUT2D eigenvalue weighted by atomic mass is 10.5. The maximum Gasteiger partial charge on any atom is 0.184 e. The Bertz CT molecular complexity index is 400. The maximum atomic E-state index is 5.71. The first kappa shape index (κ1) is 7.21. The van der Waals surface area contributed by atoms with Crippen LogP contribution < -0.4 is 0 Å². The minimum atomic E-state index is 0.354. The van der Waals surface area contributed by atoms with Gasteiger partial charge >= 0.3 is 0 Å². The van der Waals surface area contributed by atoms with Crippen molar-refractivity contribution in [2.75, 3.05) is 0 Å². The van der Waals surface area contributed by atoms with Crippen molar-refractivity contribution < 1.29 is 0 Å². The van der Waals surface area contributed by atoms with Gasteiger partial charge in [-0.1, -0.05) is 34.5 Å². The standard InChI is InChI=1S/C5HCl2N3S/c6-4-3-2(1-8-10-4)9-5(7)11-3/h1H. The van der Waals surface area contributed by atoms with E-state index >= 15 is 0 Å². The fraction of sp³-hybridized carbons (Fsp3) is 0. The van der Waals surface area contributed by atoms with Gasteiger partial charge in [0.2, 0.25) is 0 Å². The molecule has 0 aliphatic heterocycles. The van der Waals surface area contributed by atoms with E-state index in [1.165, 1.54) is 17.5 Å². The summed E-state index contributed by atoms with van der Waals surface area (Å²) in [5, 5.41) is 7.63. The Morgan fingerprint density at radius 2 is 2.18 bits per heavy atom. The van der Waals surface area contributed by atoms with Crippen molar-refractivity contribution in [1.82, 2.24) is 15.2 Å². The predicted octanol–water partition coefficient (Wildman–Crippen LogP) is 2.39. The molecule has 0 unspecified atom stereocenters. The van der Waals surface area contributed by atoms with Crippen LogP contribution in [-0.4, -0.2) is 15.2 Å². The van der Waals surface area contributed by atoms with Crippen LogP contribution >= 0.6 is 34.5 Å². The minimum absolute atomic E-state index is 0.354. The zero-order valence-electron chi connectivity index (χ0n) is 5.08. The van der Waals surface area contributed by atoms with Crippen LogP contribution in [0.2, 0.25) is 9.62 Å². The highest BCUT2D eigenvalue weighted by molar-refractivity contribution is 7.22. The van der Waals surface area contributed by atoms with Crippen molar-refractivity contribution in [3.8, 4) is 0 Å². The van der Waals surface area contributed by atoms with E-state index in [1.54, 1.807) is 0 Å². The molecule has 0 aliphatic rings. The first-order chi connectivity index (χ1) is 5.27. The smallest absolute Gasteiger partial charge is 0.184 e. The van der Waals surface area contributed by atoms with Gasteiger partial charge in [-0.2, -0.15) is 5.10 Å². The summed E-state index contributed by atoms with van der Waals surface area (Å²) >= 11 is 12.7. The lowest BCUT2D eigenvalue weighted by Crippen LogP contribution is -1.79. The first-order valence-electron chi connectivity index (χ1n) is 2.70. The number of fused-ring (bicyclic) bond motifs is 1. The molecule has 11 heavy (non-hydrogen) atoms. The molecule has 0 aromatic carbocycles. The third kappa shape index (κ3) is 1.17. The Kier molecular flexibility index (Phi) is 1.67. The Hall–Kier alpha value is -0.450. The van der Waals surface area contributed by atoms with Gasteiger partial charge in [-0.05, 0) is 0 Å². The van der Waals surface area contributed by atoms with Crippen LogP contribution in [0.5, 0.6) is 0 Å². The average molecular weight is 206 g/mol. The topological polar surface area (TPSA) is 38.7 Å². The zero-order valence-corrected chi connectivity index (χ0v) is 7.41. The van der Waals surface area contributed by atoms with E-state index in [4.69, 9.17) is 23.2 Å². The molecule has 0 radical (unpaired) electrons. The van der Waals surface area contributed by atoms with Gasteiger partial charge in [0.15, 0.2) is 9.62 Å². The molecule has 0 saturated heterocycles. The van der Waals surface area contributed by atoms with Gasteiger partial charge in [0.1, 0.15) is 5.52 Å².